The van der Waals surface area contributed by atoms with Crippen molar-refractivity contribution in [2.45, 2.75) is 38.1 Å². The van der Waals surface area contributed by atoms with Gasteiger partial charge in [-0.25, -0.2) is 4.98 Å². The molecule has 0 unspecified atom stereocenters. The van der Waals surface area contributed by atoms with Crippen LogP contribution in [0.1, 0.15) is 32.1 Å². The second-order valence-electron chi connectivity index (χ2n) is 5.64. The van der Waals surface area contributed by atoms with Crippen molar-refractivity contribution in [3.63, 3.8) is 0 Å². The molecule has 1 heterocycles. The van der Waals surface area contributed by atoms with Crippen LogP contribution in [-0.2, 0) is 7.05 Å². The fourth-order valence-corrected chi connectivity index (χ4v) is 2.79. The maximum atomic E-state index is 4.25. The molecule has 0 amide bonds. The summed E-state index contributed by atoms with van der Waals surface area (Å²) < 4.78 is 1.93. The second kappa shape index (κ2) is 6.52. The summed E-state index contributed by atoms with van der Waals surface area (Å²) in [7, 11) is 1.96. The number of nitrogens with zero attached hydrogens (tertiary/aromatic N) is 2. The minimum Gasteiger partial charge on any atom is -0.381 e. The van der Waals surface area contributed by atoms with E-state index in [0.29, 0.717) is 6.04 Å². The first-order valence-corrected chi connectivity index (χ1v) is 7.68. The third kappa shape index (κ3) is 3.48. The van der Waals surface area contributed by atoms with Crippen LogP contribution in [-0.4, -0.2) is 15.6 Å². The summed E-state index contributed by atoms with van der Waals surface area (Å²) in [5, 5.41) is 3.66. The fourth-order valence-electron chi connectivity index (χ4n) is 2.79. The molecule has 3 N–H and O–H groups in total. The Bertz CT molecular complexity index is 572. The summed E-state index contributed by atoms with van der Waals surface area (Å²) in [6, 6.07) is 8.89. The Kier molecular flexibility index (Phi) is 4.28. The first kappa shape index (κ1) is 13.8. The van der Waals surface area contributed by atoms with E-state index >= 15 is 0 Å². The number of benzene rings is 1. The molecule has 1 aliphatic carbocycles. The molecule has 5 heteroatoms. The predicted molar refractivity (Wildman–Crippen MR) is 87.4 cm³/mol. The maximum Gasteiger partial charge on any atom is 0.221 e. The average molecular weight is 285 g/mol. The number of imidazole rings is 1. The van der Waals surface area contributed by atoms with Crippen molar-refractivity contribution in [1.29, 1.82) is 0 Å². The molecule has 0 radical (unpaired) electrons. The van der Waals surface area contributed by atoms with Gasteiger partial charge in [-0.05, 0) is 25.0 Å². The summed E-state index contributed by atoms with van der Waals surface area (Å²) in [6.45, 7) is 0. The minimum atomic E-state index is 0.592. The highest BCUT2D eigenvalue weighted by atomic mass is 15.4. The van der Waals surface area contributed by atoms with Crippen molar-refractivity contribution in [2.24, 2.45) is 7.05 Å². The van der Waals surface area contributed by atoms with Gasteiger partial charge in [0.2, 0.25) is 5.95 Å². The highest BCUT2D eigenvalue weighted by Crippen LogP contribution is 2.26. The standard InChI is InChI=1S/C16H23N5/c1-21-12-11-17-16(21)20-19-15-10-6-5-9-14(15)18-13-7-3-2-4-8-13/h5-6,9-13,18-19H,2-4,7-8H2,1H3,(H,17,20). The van der Waals surface area contributed by atoms with Crippen LogP contribution in [0.5, 0.6) is 0 Å². The smallest absolute Gasteiger partial charge is 0.221 e. The van der Waals surface area contributed by atoms with Gasteiger partial charge in [0, 0.05) is 25.5 Å². The number of hydrogen-bond donors (Lipinski definition) is 3. The van der Waals surface area contributed by atoms with Crippen molar-refractivity contribution < 1.29 is 0 Å². The van der Waals surface area contributed by atoms with Crippen molar-refractivity contribution >= 4 is 17.3 Å². The first-order chi connectivity index (χ1) is 10.3. The predicted octanol–water partition coefficient (Wildman–Crippen LogP) is 3.60. The number of anilines is 3. The molecular formula is C16H23N5. The van der Waals surface area contributed by atoms with Gasteiger partial charge in [-0.1, -0.05) is 31.4 Å². The van der Waals surface area contributed by atoms with Crippen molar-refractivity contribution in [3.8, 4) is 0 Å². The van der Waals surface area contributed by atoms with Gasteiger partial charge in [0.25, 0.3) is 0 Å². The lowest BCUT2D eigenvalue weighted by molar-refractivity contribution is 0.463. The number of para-hydroxylation sites is 2. The zero-order valence-corrected chi connectivity index (χ0v) is 12.5. The molecule has 0 atom stereocenters. The topological polar surface area (TPSA) is 53.9 Å². The van der Waals surface area contributed by atoms with E-state index in [0.717, 1.165) is 17.3 Å². The van der Waals surface area contributed by atoms with Crippen molar-refractivity contribution in [3.05, 3.63) is 36.7 Å². The summed E-state index contributed by atoms with van der Waals surface area (Å²) in [5.74, 6) is 0.794. The lowest BCUT2D eigenvalue weighted by atomic mass is 9.95. The van der Waals surface area contributed by atoms with Crippen LogP contribution in [0, 0.1) is 0 Å². The third-order valence-electron chi connectivity index (χ3n) is 4.02. The Morgan fingerprint density at radius 2 is 1.81 bits per heavy atom. The molecule has 1 fully saturated rings. The molecule has 112 valence electrons. The summed E-state index contributed by atoms with van der Waals surface area (Å²) >= 11 is 0. The number of hydrazine groups is 1. The van der Waals surface area contributed by atoms with Crippen LogP contribution < -0.4 is 16.2 Å². The van der Waals surface area contributed by atoms with Crippen LogP contribution in [0.3, 0.4) is 0 Å². The van der Waals surface area contributed by atoms with Crippen LogP contribution in [0.4, 0.5) is 17.3 Å². The number of aryl methyl sites for hydroxylation is 1. The second-order valence-corrected chi connectivity index (χ2v) is 5.64. The van der Waals surface area contributed by atoms with E-state index in [1.54, 1.807) is 6.20 Å². The van der Waals surface area contributed by atoms with Crippen LogP contribution in [0.25, 0.3) is 0 Å². The van der Waals surface area contributed by atoms with Gasteiger partial charge in [0.05, 0.1) is 11.4 Å². The molecule has 0 bridgehead atoms. The Hall–Kier alpha value is -2.17. The number of hydrogen-bond acceptors (Lipinski definition) is 4. The molecule has 1 saturated carbocycles. The zero-order valence-electron chi connectivity index (χ0n) is 12.5. The number of nitrogens with one attached hydrogen (secondary N) is 3. The van der Waals surface area contributed by atoms with E-state index in [2.05, 4.69) is 39.4 Å². The average Bonchev–Trinajstić information content (AvgIpc) is 2.93. The van der Waals surface area contributed by atoms with Gasteiger partial charge in [-0.15, -0.1) is 0 Å². The Morgan fingerprint density at radius 1 is 1.05 bits per heavy atom. The van der Waals surface area contributed by atoms with E-state index in [4.69, 9.17) is 0 Å². The molecule has 21 heavy (non-hydrogen) atoms. The molecule has 0 saturated heterocycles. The summed E-state index contributed by atoms with van der Waals surface area (Å²) in [5.41, 5.74) is 8.59. The molecular weight excluding hydrogens is 262 g/mol. The molecule has 1 aliphatic rings. The van der Waals surface area contributed by atoms with Gasteiger partial charge in [-0.3, -0.25) is 10.9 Å². The fraction of sp³-hybridized carbons (Fsp3) is 0.438. The van der Waals surface area contributed by atoms with E-state index in [1.165, 1.54) is 32.1 Å². The highest BCUT2D eigenvalue weighted by Gasteiger charge is 2.14. The summed E-state index contributed by atoms with van der Waals surface area (Å²) in [4.78, 5) is 4.25. The normalized spacial score (nSPS) is 15.7. The van der Waals surface area contributed by atoms with Crippen molar-refractivity contribution in [1.82, 2.24) is 9.55 Å². The van der Waals surface area contributed by atoms with E-state index in [-0.39, 0.29) is 0 Å². The van der Waals surface area contributed by atoms with Crippen LogP contribution in [0.2, 0.25) is 0 Å². The maximum absolute atomic E-state index is 4.25. The lowest BCUT2D eigenvalue weighted by Crippen LogP contribution is -2.23. The van der Waals surface area contributed by atoms with Gasteiger partial charge in [-0.2, -0.15) is 0 Å². The molecule has 5 nitrogen and oxygen atoms in total. The summed E-state index contributed by atoms with van der Waals surface area (Å²) in [6.07, 6.45) is 10.3. The van der Waals surface area contributed by atoms with Crippen molar-refractivity contribution in [2.75, 3.05) is 16.2 Å². The SMILES string of the molecule is Cn1ccnc1NNc1ccccc1NC1CCCCC1. The van der Waals surface area contributed by atoms with E-state index in [9.17, 15) is 0 Å². The number of aromatic nitrogens is 2. The molecule has 1 aromatic carbocycles. The zero-order chi connectivity index (χ0) is 14.5. The molecule has 2 aromatic rings. The Morgan fingerprint density at radius 3 is 2.52 bits per heavy atom. The van der Waals surface area contributed by atoms with Gasteiger partial charge in [0.15, 0.2) is 0 Å². The Labute approximate surface area is 125 Å². The largest absolute Gasteiger partial charge is 0.381 e. The molecule has 0 aliphatic heterocycles. The van der Waals surface area contributed by atoms with Gasteiger partial charge in [0.1, 0.15) is 0 Å². The van der Waals surface area contributed by atoms with Crippen LogP contribution in [0.15, 0.2) is 36.7 Å². The quantitative estimate of drug-likeness (QED) is 0.735. The third-order valence-corrected chi connectivity index (χ3v) is 4.02. The van der Waals surface area contributed by atoms with Gasteiger partial charge >= 0.3 is 0 Å². The van der Waals surface area contributed by atoms with E-state index in [1.807, 2.05) is 23.9 Å². The Balaban J connectivity index is 1.65. The molecule has 3 rings (SSSR count). The highest BCUT2D eigenvalue weighted by molar-refractivity contribution is 5.70. The molecule has 0 spiro atoms. The minimum absolute atomic E-state index is 0.592. The number of rotatable bonds is 5. The van der Waals surface area contributed by atoms with Crippen LogP contribution >= 0.6 is 0 Å². The monoisotopic (exact) mass is 285 g/mol. The van der Waals surface area contributed by atoms with E-state index < -0.39 is 0 Å². The van der Waals surface area contributed by atoms with Gasteiger partial charge < -0.3 is 9.88 Å². The lowest BCUT2D eigenvalue weighted by Gasteiger charge is -2.25. The molecule has 1 aromatic heterocycles. The first-order valence-electron chi connectivity index (χ1n) is 7.68.